The van der Waals surface area contributed by atoms with Crippen LogP contribution in [0.1, 0.15) is 24.1 Å². The summed E-state index contributed by atoms with van der Waals surface area (Å²) >= 11 is 10.9. The van der Waals surface area contributed by atoms with E-state index < -0.39 is 6.04 Å². The van der Waals surface area contributed by atoms with E-state index in [0.717, 1.165) is 15.6 Å². The first-order valence-corrected chi connectivity index (χ1v) is 13.3. The minimum atomic E-state index is -0.665. The Labute approximate surface area is 230 Å². The van der Waals surface area contributed by atoms with Gasteiger partial charge < -0.3 is 10.1 Å². The summed E-state index contributed by atoms with van der Waals surface area (Å²) in [6, 6.07) is 21.3. The lowest BCUT2D eigenvalue weighted by Gasteiger charge is -2.25. The number of anilines is 1. The van der Waals surface area contributed by atoms with E-state index in [9.17, 15) is 9.59 Å². The van der Waals surface area contributed by atoms with Gasteiger partial charge in [0.05, 0.1) is 33.4 Å². The molecule has 5 rings (SSSR count). The number of fused-ring (bicyclic) bond motifs is 1. The molecule has 37 heavy (non-hydrogen) atoms. The average molecular weight is 595 g/mol. The van der Waals surface area contributed by atoms with Gasteiger partial charge in [0, 0.05) is 10.7 Å². The topological polar surface area (TPSA) is 72.7 Å². The van der Waals surface area contributed by atoms with Gasteiger partial charge in [-0.1, -0.05) is 59.3 Å². The van der Waals surface area contributed by atoms with Crippen molar-refractivity contribution >= 4 is 56.5 Å². The maximum absolute atomic E-state index is 13.8. The largest absolute Gasteiger partial charge is 0.496 e. The number of carbonyl (C=O) groups excluding carboxylic acids is 1. The van der Waals surface area contributed by atoms with Crippen molar-refractivity contribution in [2.24, 2.45) is 4.99 Å². The first-order chi connectivity index (χ1) is 17.9. The number of ether oxygens (including phenoxy) is 1. The van der Waals surface area contributed by atoms with E-state index in [1.54, 1.807) is 30.7 Å². The Bertz CT molecular complexity index is 1710. The van der Waals surface area contributed by atoms with Crippen LogP contribution in [-0.2, 0) is 4.79 Å². The monoisotopic (exact) mass is 593 g/mol. The third kappa shape index (κ3) is 5.05. The maximum atomic E-state index is 13.8. The van der Waals surface area contributed by atoms with Crippen molar-refractivity contribution in [3.05, 3.63) is 124 Å². The number of para-hydroxylation sites is 1. The van der Waals surface area contributed by atoms with Gasteiger partial charge in [-0.15, -0.1) is 0 Å². The lowest BCUT2D eigenvalue weighted by molar-refractivity contribution is -0.113. The van der Waals surface area contributed by atoms with E-state index in [-0.39, 0.29) is 11.5 Å². The van der Waals surface area contributed by atoms with Gasteiger partial charge in [0.1, 0.15) is 5.75 Å². The molecule has 1 amide bonds. The number of hydrogen-bond acceptors (Lipinski definition) is 5. The molecule has 0 saturated heterocycles. The molecule has 0 bridgehead atoms. The number of methoxy groups -OCH3 is 1. The summed E-state index contributed by atoms with van der Waals surface area (Å²) in [6.45, 7) is 1.79. The second-order valence-corrected chi connectivity index (χ2v) is 10.6. The molecule has 1 aliphatic heterocycles. The van der Waals surface area contributed by atoms with Crippen LogP contribution in [0.2, 0.25) is 5.02 Å². The Hall–Kier alpha value is -3.46. The molecule has 0 radical (unpaired) electrons. The van der Waals surface area contributed by atoms with Gasteiger partial charge in [0.25, 0.3) is 11.5 Å². The molecule has 2 heterocycles. The van der Waals surface area contributed by atoms with Crippen LogP contribution >= 0.6 is 38.9 Å². The highest BCUT2D eigenvalue weighted by atomic mass is 79.9. The molecule has 0 fully saturated rings. The predicted octanol–water partition coefficient (Wildman–Crippen LogP) is 5.30. The highest BCUT2D eigenvalue weighted by Gasteiger charge is 2.32. The molecule has 4 aromatic rings. The summed E-state index contributed by atoms with van der Waals surface area (Å²) in [5, 5.41) is 3.51. The van der Waals surface area contributed by atoms with Crippen molar-refractivity contribution in [2.45, 2.75) is 13.0 Å². The van der Waals surface area contributed by atoms with Gasteiger partial charge in [0.15, 0.2) is 4.80 Å². The minimum absolute atomic E-state index is 0.229. The second-order valence-electron chi connectivity index (χ2n) is 8.35. The number of thiazole rings is 1. The first-order valence-electron chi connectivity index (χ1n) is 11.3. The Kier molecular flexibility index (Phi) is 7.15. The molecule has 9 heteroatoms. The zero-order valence-electron chi connectivity index (χ0n) is 19.9. The summed E-state index contributed by atoms with van der Waals surface area (Å²) in [5.74, 6) is 0.381. The van der Waals surface area contributed by atoms with Crippen molar-refractivity contribution in [3.8, 4) is 5.75 Å². The van der Waals surface area contributed by atoms with Crippen LogP contribution in [0.4, 0.5) is 5.69 Å². The molecule has 6 nitrogen and oxygen atoms in total. The van der Waals surface area contributed by atoms with E-state index in [2.05, 4.69) is 26.2 Å². The third-order valence-corrected chi connectivity index (χ3v) is 7.81. The summed E-state index contributed by atoms with van der Waals surface area (Å²) in [6.07, 6.45) is 1.82. The lowest BCUT2D eigenvalue weighted by atomic mass is 9.95. The predicted molar refractivity (Wildman–Crippen MR) is 151 cm³/mol. The number of rotatable bonds is 5. The molecule has 1 aromatic heterocycles. The molecule has 1 atom stereocenters. The van der Waals surface area contributed by atoms with Crippen LogP contribution in [0, 0.1) is 0 Å². The highest BCUT2D eigenvalue weighted by Crippen LogP contribution is 2.31. The second kappa shape index (κ2) is 10.5. The normalized spacial score (nSPS) is 15.2. The third-order valence-electron chi connectivity index (χ3n) is 5.96. The van der Waals surface area contributed by atoms with Gasteiger partial charge in [-0.05, 0) is 76.5 Å². The zero-order valence-corrected chi connectivity index (χ0v) is 23.0. The number of aromatic nitrogens is 1. The molecular formula is C28H21BrClN3O3S. The van der Waals surface area contributed by atoms with Crippen molar-refractivity contribution in [1.82, 2.24) is 4.57 Å². The Morgan fingerprint density at radius 1 is 1.14 bits per heavy atom. The number of allylic oxidation sites excluding steroid dienone is 1. The minimum Gasteiger partial charge on any atom is -0.496 e. The molecular weight excluding hydrogens is 574 g/mol. The van der Waals surface area contributed by atoms with Gasteiger partial charge in [-0.25, -0.2) is 4.99 Å². The van der Waals surface area contributed by atoms with E-state index in [0.29, 0.717) is 37.1 Å². The van der Waals surface area contributed by atoms with Crippen LogP contribution in [0.5, 0.6) is 5.75 Å². The van der Waals surface area contributed by atoms with E-state index >= 15 is 0 Å². The lowest BCUT2D eigenvalue weighted by Crippen LogP contribution is -2.40. The van der Waals surface area contributed by atoms with Crippen LogP contribution in [-0.4, -0.2) is 17.6 Å². The molecule has 0 spiro atoms. The van der Waals surface area contributed by atoms with E-state index in [1.807, 2.05) is 66.7 Å². The number of halogens is 2. The highest BCUT2D eigenvalue weighted by molar-refractivity contribution is 9.10. The summed E-state index contributed by atoms with van der Waals surface area (Å²) in [7, 11) is 1.60. The van der Waals surface area contributed by atoms with Crippen LogP contribution in [0.25, 0.3) is 6.08 Å². The average Bonchev–Trinajstić information content (AvgIpc) is 3.18. The van der Waals surface area contributed by atoms with Gasteiger partial charge in [-0.2, -0.15) is 0 Å². The number of nitrogens with one attached hydrogen (secondary N) is 1. The summed E-state index contributed by atoms with van der Waals surface area (Å²) < 4.78 is 8.19. The fraction of sp³-hybridized carbons (Fsp3) is 0.107. The summed E-state index contributed by atoms with van der Waals surface area (Å²) in [5.41, 5.74) is 2.97. The van der Waals surface area contributed by atoms with Crippen molar-refractivity contribution in [3.63, 3.8) is 0 Å². The van der Waals surface area contributed by atoms with Gasteiger partial charge in [0.2, 0.25) is 0 Å². The molecule has 186 valence electrons. The Balaban J connectivity index is 1.66. The van der Waals surface area contributed by atoms with Crippen molar-refractivity contribution < 1.29 is 9.53 Å². The van der Waals surface area contributed by atoms with Crippen LogP contribution in [0.15, 0.2) is 98.3 Å². The number of hydrogen-bond donors (Lipinski definition) is 1. The van der Waals surface area contributed by atoms with Gasteiger partial charge >= 0.3 is 0 Å². The van der Waals surface area contributed by atoms with E-state index in [1.165, 1.54) is 11.3 Å². The zero-order chi connectivity index (χ0) is 26.1. The molecule has 3 aromatic carbocycles. The van der Waals surface area contributed by atoms with Gasteiger partial charge in [-0.3, -0.25) is 14.2 Å². The maximum Gasteiger partial charge on any atom is 0.271 e. The molecule has 1 unspecified atom stereocenters. The fourth-order valence-corrected chi connectivity index (χ4v) is 5.95. The van der Waals surface area contributed by atoms with E-state index in [4.69, 9.17) is 16.3 Å². The number of nitrogens with zero attached hydrogens (tertiary/aromatic N) is 2. The standard InChI is InChI=1S/C28H21BrClN3O3S/c1-16-24(26(34)32-20-6-4-3-5-7-20)25(18-9-11-19(30)12-10-18)33-27(35)23(37-28(33)31-16)15-17-8-13-22(36-2)21(29)14-17/h3-15,25H,1-2H3,(H,32,34)/b23-15-. The number of amides is 1. The van der Waals surface area contributed by atoms with Crippen molar-refractivity contribution in [1.29, 1.82) is 0 Å². The van der Waals surface area contributed by atoms with Crippen LogP contribution in [0.3, 0.4) is 0 Å². The Morgan fingerprint density at radius 3 is 2.54 bits per heavy atom. The fourth-order valence-electron chi connectivity index (χ4n) is 4.22. The molecule has 1 aliphatic rings. The Morgan fingerprint density at radius 2 is 1.86 bits per heavy atom. The summed E-state index contributed by atoms with van der Waals surface area (Å²) in [4.78, 5) is 32.5. The smallest absolute Gasteiger partial charge is 0.271 e. The SMILES string of the molecule is COc1ccc(/C=c2\sc3n(c2=O)C(c2ccc(Cl)cc2)C(C(=O)Nc2ccccc2)=C(C)N=3)cc1Br. The number of carbonyl (C=O) groups is 1. The quantitative estimate of drug-likeness (QED) is 0.341. The van der Waals surface area contributed by atoms with Crippen LogP contribution < -0.4 is 24.9 Å². The molecule has 0 aliphatic carbocycles. The molecule has 1 N–H and O–H groups in total. The first kappa shape index (κ1) is 25.2. The van der Waals surface area contributed by atoms with Crippen molar-refractivity contribution in [2.75, 3.05) is 12.4 Å². The molecule has 0 saturated carbocycles. The number of benzene rings is 3.